The molecule has 2 heterocycles. The van der Waals surface area contributed by atoms with E-state index in [4.69, 9.17) is 11.6 Å². The fourth-order valence-electron chi connectivity index (χ4n) is 2.74. The SMILES string of the molecule is O=c1[nH]ncc(N2CCN(CCc3ccccc3)CC2)c1Cl. The summed E-state index contributed by atoms with van der Waals surface area (Å²) in [6.45, 7) is 4.71. The van der Waals surface area contributed by atoms with Crippen molar-refractivity contribution < 1.29 is 0 Å². The molecule has 0 spiro atoms. The molecular weight excluding hydrogens is 300 g/mol. The molecule has 6 heteroatoms. The third-order valence-corrected chi connectivity index (χ3v) is 4.41. The Labute approximate surface area is 134 Å². The number of H-pyrrole nitrogens is 1. The Balaban J connectivity index is 1.54. The van der Waals surface area contributed by atoms with Crippen LogP contribution in [0.15, 0.2) is 41.3 Å². The molecule has 2 aromatic rings. The van der Waals surface area contributed by atoms with Crippen molar-refractivity contribution >= 4 is 17.3 Å². The molecule has 0 unspecified atom stereocenters. The lowest BCUT2D eigenvalue weighted by molar-refractivity contribution is 0.261. The van der Waals surface area contributed by atoms with Crippen LogP contribution < -0.4 is 10.5 Å². The normalized spacial score (nSPS) is 16.0. The van der Waals surface area contributed by atoms with Crippen LogP contribution in [0, 0.1) is 0 Å². The van der Waals surface area contributed by atoms with Gasteiger partial charge in [0.1, 0.15) is 5.02 Å². The van der Waals surface area contributed by atoms with E-state index in [9.17, 15) is 4.79 Å². The van der Waals surface area contributed by atoms with Gasteiger partial charge in [-0.2, -0.15) is 5.10 Å². The first-order chi connectivity index (χ1) is 10.7. The van der Waals surface area contributed by atoms with Crippen LogP contribution in [0.25, 0.3) is 0 Å². The predicted octanol–water partition coefficient (Wildman–Crippen LogP) is 1.79. The average Bonchev–Trinajstić information content (AvgIpc) is 2.57. The van der Waals surface area contributed by atoms with E-state index in [1.807, 2.05) is 6.07 Å². The van der Waals surface area contributed by atoms with Gasteiger partial charge >= 0.3 is 0 Å². The number of aromatic nitrogens is 2. The highest BCUT2D eigenvalue weighted by molar-refractivity contribution is 6.32. The topological polar surface area (TPSA) is 52.2 Å². The zero-order chi connectivity index (χ0) is 15.4. The van der Waals surface area contributed by atoms with Gasteiger partial charge in [0.15, 0.2) is 0 Å². The van der Waals surface area contributed by atoms with Crippen LogP contribution in [0.5, 0.6) is 0 Å². The molecule has 1 fully saturated rings. The Bertz CT molecular complexity index is 665. The van der Waals surface area contributed by atoms with Gasteiger partial charge in [0.05, 0.1) is 11.9 Å². The van der Waals surface area contributed by atoms with E-state index >= 15 is 0 Å². The molecule has 1 aromatic carbocycles. The molecule has 0 saturated carbocycles. The lowest BCUT2D eigenvalue weighted by atomic mass is 10.1. The van der Waals surface area contributed by atoms with Crippen molar-refractivity contribution in [3.05, 3.63) is 57.5 Å². The van der Waals surface area contributed by atoms with E-state index in [1.54, 1.807) is 6.20 Å². The molecule has 3 rings (SSSR count). The lowest BCUT2D eigenvalue weighted by Crippen LogP contribution is -2.47. The molecule has 0 atom stereocenters. The molecule has 1 aliphatic rings. The fourth-order valence-corrected chi connectivity index (χ4v) is 2.95. The molecule has 116 valence electrons. The van der Waals surface area contributed by atoms with Crippen LogP contribution >= 0.6 is 11.6 Å². The first-order valence-electron chi connectivity index (χ1n) is 7.48. The zero-order valence-electron chi connectivity index (χ0n) is 12.3. The Hall–Kier alpha value is -1.85. The van der Waals surface area contributed by atoms with Gasteiger partial charge in [-0.3, -0.25) is 9.69 Å². The Morgan fingerprint density at radius 3 is 2.59 bits per heavy atom. The van der Waals surface area contributed by atoms with Crippen LogP contribution in [-0.2, 0) is 6.42 Å². The number of aromatic amines is 1. The smallest absolute Gasteiger partial charge is 0.285 e. The van der Waals surface area contributed by atoms with E-state index in [0.29, 0.717) is 0 Å². The molecular formula is C16H19ClN4O. The summed E-state index contributed by atoms with van der Waals surface area (Å²) < 4.78 is 0. The second kappa shape index (κ2) is 6.94. The van der Waals surface area contributed by atoms with Gasteiger partial charge in [-0.05, 0) is 12.0 Å². The number of hydrogen-bond donors (Lipinski definition) is 1. The first kappa shape index (κ1) is 15.1. The number of rotatable bonds is 4. The largest absolute Gasteiger partial charge is 0.366 e. The number of nitrogens with zero attached hydrogens (tertiary/aromatic N) is 3. The van der Waals surface area contributed by atoms with Gasteiger partial charge in [-0.15, -0.1) is 0 Å². The van der Waals surface area contributed by atoms with Crippen molar-refractivity contribution in [2.45, 2.75) is 6.42 Å². The van der Waals surface area contributed by atoms with Gasteiger partial charge in [0, 0.05) is 32.7 Å². The van der Waals surface area contributed by atoms with Gasteiger partial charge in [-0.1, -0.05) is 41.9 Å². The molecule has 0 amide bonds. The summed E-state index contributed by atoms with van der Waals surface area (Å²) in [5, 5.41) is 6.42. The van der Waals surface area contributed by atoms with Gasteiger partial charge in [0.25, 0.3) is 5.56 Å². The molecule has 0 radical (unpaired) electrons. The van der Waals surface area contributed by atoms with E-state index in [1.165, 1.54) is 5.56 Å². The van der Waals surface area contributed by atoms with Crippen molar-refractivity contribution in [2.75, 3.05) is 37.6 Å². The predicted molar refractivity (Wildman–Crippen MR) is 88.7 cm³/mol. The van der Waals surface area contributed by atoms with Gasteiger partial charge < -0.3 is 4.90 Å². The molecule has 1 saturated heterocycles. The van der Waals surface area contributed by atoms with E-state index < -0.39 is 0 Å². The molecule has 1 N–H and O–H groups in total. The number of benzene rings is 1. The monoisotopic (exact) mass is 318 g/mol. The highest BCUT2D eigenvalue weighted by Crippen LogP contribution is 2.21. The minimum atomic E-state index is -0.328. The summed E-state index contributed by atoms with van der Waals surface area (Å²) in [7, 11) is 0. The summed E-state index contributed by atoms with van der Waals surface area (Å²) in [6.07, 6.45) is 2.69. The molecule has 0 bridgehead atoms. The minimum absolute atomic E-state index is 0.229. The van der Waals surface area contributed by atoms with Crippen molar-refractivity contribution in [1.82, 2.24) is 15.1 Å². The van der Waals surface area contributed by atoms with E-state index in [-0.39, 0.29) is 10.6 Å². The van der Waals surface area contributed by atoms with E-state index in [0.717, 1.165) is 44.8 Å². The number of hydrogen-bond acceptors (Lipinski definition) is 4. The number of anilines is 1. The van der Waals surface area contributed by atoms with Crippen molar-refractivity contribution in [3.63, 3.8) is 0 Å². The van der Waals surface area contributed by atoms with E-state index in [2.05, 4.69) is 44.3 Å². The Kier molecular flexibility index (Phi) is 4.75. The maximum Gasteiger partial charge on any atom is 0.285 e. The second-order valence-electron chi connectivity index (χ2n) is 5.46. The highest BCUT2D eigenvalue weighted by atomic mass is 35.5. The number of halogens is 1. The maximum atomic E-state index is 11.5. The second-order valence-corrected chi connectivity index (χ2v) is 5.84. The molecule has 5 nitrogen and oxygen atoms in total. The lowest BCUT2D eigenvalue weighted by Gasteiger charge is -2.36. The summed E-state index contributed by atoms with van der Waals surface area (Å²) in [6, 6.07) is 10.5. The molecule has 22 heavy (non-hydrogen) atoms. The number of piperazine rings is 1. The molecule has 0 aliphatic carbocycles. The third-order valence-electron chi connectivity index (χ3n) is 4.05. The standard InChI is InChI=1S/C16H19ClN4O/c17-15-14(12-18-19-16(15)22)21-10-8-20(9-11-21)7-6-13-4-2-1-3-5-13/h1-5,12H,6-11H2,(H,19,22). The zero-order valence-corrected chi connectivity index (χ0v) is 13.1. The van der Waals surface area contributed by atoms with Crippen molar-refractivity contribution in [2.24, 2.45) is 0 Å². The van der Waals surface area contributed by atoms with Gasteiger partial charge in [0.2, 0.25) is 0 Å². The van der Waals surface area contributed by atoms with Crippen LogP contribution in [0.2, 0.25) is 5.02 Å². The summed E-state index contributed by atoms with van der Waals surface area (Å²) in [5.74, 6) is 0. The van der Waals surface area contributed by atoms with Gasteiger partial charge in [-0.25, -0.2) is 5.10 Å². The molecule has 1 aliphatic heterocycles. The minimum Gasteiger partial charge on any atom is -0.366 e. The average molecular weight is 319 g/mol. The van der Waals surface area contributed by atoms with Crippen LogP contribution in [0.3, 0.4) is 0 Å². The molecule has 1 aromatic heterocycles. The third kappa shape index (κ3) is 3.48. The highest BCUT2D eigenvalue weighted by Gasteiger charge is 2.20. The maximum absolute atomic E-state index is 11.5. The van der Waals surface area contributed by atoms with Crippen LogP contribution in [0.1, 0.15) is 5.56 Å². The Morgan fingerprint density at radius 2 is 1.86 bits per heavy atom. The summed E-state index contributed by atoms with van der Waals surface area (Å²) in [5.41, 5.74) is 1.77. The summed E-state index contributed by atoms with van der Waals surface area (Å²) >= 11 is 6.07. The van der Waals surface area contributed by atoms with Crippen molar-refractivity contribution in [1.29, 1.82) is 0 Å². The Morgan fingerprint density at radius 1 is 1.14 bits per heavy atom. The van der Waals surface area contributed by atoms with Crippen LogP contribution in [0.4, 0.5) is 5.69 Å². The van der Waals surface area contributed by atoms with Crippen LogP contribution in [-0.4, -0.2) is 47.8 Å². The first-order valence-corrected chi connectivity index (χ1v) is 7.86. The quantitative estimate of drug-likeness (QED) is 0.934. The fraction of sp³-hybridized carbons (Fsp3) is 0.375. The summed E-state index contributed by atoms with van der Waals surface area (Å²) in [4.78, 5) is 16.1. The number of nitrogens with one attached hydrogen (secondary N) is 1. The van der Waals surface area contributed by atoms with Crippen molar-refractivity contribution in [3.8, 4) is 0 Å².